The molecule has 0 bridgehead atoms. The smallest absolute Gasteiger partial charge is 0.190 e. The van der Waals surface area contributed by atoms with Crippen LogP contribution in [0.2, 0.25) is 0 Å². The highest BCUT2D eigenvalue weighted by Crippen LogP contribution is 2.14. The zero-order chi connectivity index (χ0) is 17.6. The summed E-state index contributed by atoms with van der Waals surface area (Å²) in [5.74, 6) is 1.60. The lowest BCUT2D eigenvalue weighted by Gasteiger charge is -2.21. The maximum atomic E-state index is 5.79. The third kappa shape index (κ3) is 10.9. The first kappa shape index (κ1) is 23.9. The van der Waals surface area contributed by atoms with Crippen molar-refractivity contribution in [3.05, 3.63) is 0 Å². The van der Waals surface area contributed by atoms with E-state index in [2.05, 4.69) is 20.5 Å². The van der Waals surface area contributed by atoms with Crippen LogP contribution in [0.15, 0.2) is 4.99 Å². The average Bonchev–Trinajstić information content (AvgIpc) is 3.17. The Kier molecular flexibility index (Phi) is 14.6. The van der Waals surface area contributed by atoms with Crippen molar-refractivity contribution in [1.82, 2.24) is 15.5 Å². The minimum absolute atomic E-state index is 0. The molecule has 2 aliphatic heterocycles. The predicted octanol–water partition coefficient (Wildman–Crippen LogP) is 2.48. The van der Waals surface area contributed by atoms with E-state index < -0.39 is 0 Å². The van der Waals surface area contributed by atoms with Gasteiger partial charge in [-0.25, -0.2) is 0 Å². The molecule has 2 saturated heterocycles. The molecule has 2 N–H and O–H groups in total. The van der Waals surface area contributed by atoms with E-state index in [0.29, 0.717) is 5.92 Å². The van der Waals surface area contributed by atoms with Gasteiger partial charge in [0.1, 0.15) is 0 Å². The van der Waals surface area contributed by atoms with Crippen LogP contribution in [0.25, 0.3) is 0 Å². The number of rotatable bonds is 11. The Bertz CT molecular complexity index is 359. The molecule has 0 aromatic heterocycles. The van der Waals surface area contributed by atoms with Gasteiger partial charge in [0.15, 0.2) is 5.96 Å². The van der Waals surface area contributed by atoms with Gasteiger partial charge in [0.25, 0.3) is 0 Å². The van der Waals surface area contributed by atoms with E-state index in [1.54, 1.807) is 0 Å². The van der Waals surface area contributed by atoms with Crippen molar-refractivity contribution in [2.45, 2.75) is 44.9 Å². The van der Waals surface area contributed by atoms with Crippen molar-refractivity contribution in [1.29, 1.82) is 0 Å². The lowest BCUT2D eigenvalue weighted by Crippen LogP contribution is -2.38. The van der Waals surface area contributed by atoms with Crippen LogP contribution in [-0.2, 0) is 9.47 Å². The van der Waals surface area contributed by atoms with Gasteiger partial charge >= 0.3 is 0 Å². The van der Waals surface area contributed by atoms with Crippen molar-refractivity contribution < 1.29 is 9.47 Å². The predicted molar refractivity (Wildman–Crippen MR) is 119 cm³/mol. The number of guanidine groups is 1. The van der Waals surface area contributed by atoms with E-state index in [4.69, 9.17) is 9.47 Å². The Hall–Kier alpha value is -0.120. The topological polar surface area (TPSA) is 58.1 Å². The van der Waals surface area contributed by atoms with Gasteiger partial charge in [-0.1, -0.05) is 0 Å². The van der Waals surface area contributed by atoms with Crippen LogP contribution in [0.1, 0.15) is 44.9 Å². The maximum absolute atomic E-state index is 5.79. The summed E-state index contributed by atoms with van der Waals surface area (Å²) in [5.41, 5.74) is 0. The van der Waals surface area contributed by atoms with Gasteiger partial charge < -0.3 is 25.0 Å². The van der Waals surface area contributed by atoms with Crippen molar-refractivity contribution >= 4 is 29.9 Å². The number of likely N-dealkylation sites (tertiary alicyclic amines) is 1. The molecule has 2 fully saturated rings. The Morgan fingerprint density at radius 2 is 1.77 bits per heavy atom. The first-order chi connectivity index (χ1) is 12.4. The minimum Gasteiger partial charge on any atom is -0.381 e. The summed E-state index contributed by atoms with van der Waals surface area (Å²) in [6, 6.07) is 0. The first-order valence-electron chi connectivity index (χ1n) is 10.2. The lowest BCUT2D eigenvalue weighted by molar-refractivity contribution is 0.0203. The quantitative estimate of drug-likeness (QED) is 0.205. The van der Waals surface area contributed by atoms with E-state index in [9.17, 15) is 0 Å². The van der Waals surface area contributed by atoms with Crippen molar-refractivity contribution in [3.8, 4) is 0 Å². The summed E-state index contributed by atoms with van der Waals surface area (Å²) in [6.45, 7) is 9.24. The van der Waals surface area contributed by atoms with Crippen LogP contribution in [0.5, 0.6) is 0 Å². The summed E-state index contributed by atoms with van der Waals surface area (Å²) in [4.78, 5) is 6.86. The molecule has 0 amide bonds. The normalized spacial score (nSPS) is 19.3. The van der Waals surface area contributed by atoms with E-state index in [0.717, 1.165) is 64.7 Å². The van der Waals surface area contributed by atoms with Gasteiger partial charge in [-0.15, -0.1) is 24.0 Å². The molecule has 26 heavy (non-hydrogen) atoms. The Morgan fingerprint density at radius 3 is 2.46 bits per heavy atom. The van der Waals surface area contributed by atoms with Crippen LogP contribution in [0.3, 0.4) is 0 Å². The van der Waals surface area contributed by atoms with Crippen LogP contribution >= 0.6 is 24.0 Å². The Balaban J connectivity index is 0.00000338. The number of aliphatic imine (C=N–C) groups is 1. The average molecular weight is 482 g/mol. The fourth-order valence-electron chi connectivity index (χ4n) is 3.44. The molecule has 0 unspecified atom stereocenters. The Morgan fingerprint density at radius 1 is 1.08 bits per heavy atom. The molecule has 0 aromatic rings. The van der Waals surface area contributed by atoms with Gasteiger partial charge in [-0.05, 0) is 70.5 Å². The third-order valence-electron chi connectivity index (χ3n) is 5.07. The van der Waals surface area contributed by atoms with Crippen LogP contribution in [0.4, 0.5) is 0 Å². The molecule has 2 aliphatic rings. The molecule has 0 radical (unpaired) electrons. The van der Waals surface area contributed by atoms with E-state index in [1.165, 1.54) is 45.3 Å². The summed E-state index contributed by atoms with van der Waals surface area (Å²) in [5, 5.41) is 6.77. The number of hydrogen-bond donors (Lipinski definition) is 2. The fraction of sp³-hybridized carbons (Fsp3) is 0.947. The highest BCUT2D eigenvalue weighted by molar-refractivity contribution is 14.0. The van der Waals surface area contributed by atoms with Crippen molar-refractivity contribution in [3.63, 3.8) is 0 Å². The molecule has 0 atom stereocenters. The van der Waals surface area contributed by atoms with Gasteiger partial charge in [-0.2, -0.15) is 0 Å². The van der Waals surface area contributed by atoms with Gasteiger partial charge in [0, 0.05) is 46.6 Å². The molecule has 0 spiro atoms. The number of halogens is 1. The molecule has 2 rings (SSSR count). The monoisotopic (exact) mass is 482 g/mol. The van der Waals surface area contributed by atoms with Crippen LogP contribution in [-0.4, -0.2) is 77.1 Å². The second-order valence-corrected chi connectivity index (χ2v) is 7.17. The van der Waals surface area contributed by atoms with Crippen LogP contribution in [0, 0.1) is 5.92 Å². The molecule has 7 heteroatoms. The second-order valence-electron chi connectivity index (χ2n) is 7.17. The standard InChI is InChI=1S/C19H38N4O2.HI/c1-20-19(21-9-2-3-11-23-12-4-5-13-23)22-10-6-14-25-17-18-7-15-24-16-8-18;/h18H,2-17H2,1H3,(H2,20,21,22);1H. The SMILES string of the molecule is CN=C(NCCCCN1CCCC1)NCCCOCC1CCOCC1.I. The number of ether oxygens (including phenoxy) is 2. The molecular weight excluding hydrogens is 443 g/mol. The highest BCUT2D eigenvalue weighted by Gasteiger charge is 2.13. The molecule has 2 heterocycles. The highest BCUT2D eigenvalue weighted by atomic mass is 127. The second kappa shape index (κ2) is 15.9. The molecule has 0 aliphatic carbocycles. The molecule has 154 valence electrons. The number of hydrogen-bond acceptors (Lipinski definition) is 4. The number of nitrogens with zero attached hydrogens (tertiary/aromatic N) is 2. The number of unbranched alkanes of at least 4 members (excludes halogenated alkanes) is 1. The molecular formula is C19H39IN4O2. The minimum atomic E-state index is 0. The molecule has 0 saturated carbocycles. The van der Waals surface area contributed by atoms with Crippen molar-refractivity contribution in [2.75, 3.05) is 66.2 Å². The molecule has 6 nitrogen and oxygen atoms in total. The van der Waals surface area contributed by atoms with Gasteiger partial charge in [-0.3, -0.25) is 4.99 Å². The fourth-order valence-corrected chi connectivity index (χ4v) is 3.44. The largest absolute Gasteiger partial charge is 0.381 e. The maximum Gasteiger partial charge on any atom is 0.190 e. The first-order valence-corrected chi connectivity index (χ1v) is 10.2. The lowest BCUT2D eigenvalue weighted by atomic mass is 10.0. The third-order valence-corrected chi connectivity index (χ3v) is 5.07. The van der Waals surface area contributed by atoms with E-state index in [1.807, 2.05) is 7.05 Å². The van der Waals surface area contributed by atoms with Gasteiger partial charge in [0.2, 0.25) is 0 Å². The van der Waals surface area contributed by atoms with Gasteiger partial charge in [0.05, 0.1) is 0 Å². The zero-order valence-corrected chi connectivity index (χ0v) is 18.8. The summed E-state index contributed by atoms with van der Waals surface area (Å²) in [7, 11) is 1.83. The summed E-state index contributed by atoms with van der Waals surface area (Å²) in [6.07, 6.45) is 8.54. The number of nitrogens with one attached hydrogen (secondary N) is 2. The molecule has 0 aromatic carbocycles. The Labute approximate surface area is 176 Å². The van der Waals surface area contributed by atoms with E-state index in [-0.39, 0.29) is 24.0 Å². The summed E-state index contributed by atoms with van der Waals surface area (Å²) >= 11 is 0. The summed E-state index contributed by atoms with van der Waals surface area (Å²) < 4.78 is 11.2. The van der Waals surface area contributed by atoms with Crippen molar-refractivity contribution in [2.24, 2.45) is 10.9 Å². The van der Waals surface area contributed by atoms with Crippen LogP contribution < -0.4 is 10.6 Å². The zero-order valence-electron chi connectivity index (χ0n) is 16.5. The van der Waals surface area contributed by atoms with E-state index >= 15 is 0 Å².